The number of nitrogens with zero attached hydrogens (tertiary/aromatic N) is 2. The fraction of sp³-hybridized carbons (Fsp3) is 0.448. The summed E-state index contributed by atoms with van der Waals surface area (Å²) in [5.74, 6) is -1.54. The molecule has 0 aliphatic carbocycles. The van der Waals surface area contributed by atoms with Gasteiger partial charge in [-0.1, -0.05) is 74.5 Å². The number of amides is 3. The molecule has 4 rings (SSSR count). The molecule has 0 spiro atoms. The van der Waals surface area contributed by atoms with Gasteiger partial charge in [-0.2, -0.15) is 0 Å². The molecule has 2 aliphatic heterocycles. The van der Waals surface area contributed by atoms with Crippen LogP contribution in [0.2, 0.25) is 0 Å². The quantitative estimate of drug-likeness (QED) is 0.498. The molecule has 39 heavy (non-hydrogen) atoms. The van der Waals surface area contributed by atoms with Crippen molar-refractivity contribution < 1.29 is 28.7 Å². The number of hydrogen-bond donors (Lipinski definition) is 2. The second kappa shape index (κ2) is 11.4. The Hall–Kier alpha value is -3.92. The predicted molar refractivity (Wildman–Crippen MR) is 143 cm³/mol. The molecule has 10 heteroatoms. The van der Waals surface area contributed by atoms with Gasteiger partial charge in [-0.15, -0.1) is 0 Å². The number of benzene rings is 2. The molecule has 2 fully saturated rings. The lowest BCUT2D eigenvalue weighted by Gasteiger charge is -2.36. The van der Waals surface area contributed by atoms with Crippen LogP contribution in [0.5, 0.6) is 0 Å². The van der Waals surface area contributed by atoms with Crippen LogP contribution in [0.15, 0.2) is 60.7 Å². The standard InChI is InChI=1S/C29H36N4O6/c1-18(2)24-23(31-28(37)39-17-20-12-8-6-9-13-20)25(34)33-29(4,27(36)30-19(3)26(35)38-5)16-22(32(24)33)21-14-10-7-11-15-21/h6-15,18-19,22-24H,16-17H2,1-5H3,(H,30,36)(H,31,37)/t19-,22-,23-,24-,29-/m0/s1. The van der Waals surface area contributed by atoms with E-state index in [1.165, 1.54) is 19.0 Å². The third kappa shape index (κ3) is 5.47. The molecule has 0 bridgehead atoms. The summed E-state index contributed by atoms with van der Waals surface area (Å²) in [5.41, 5.74) is 0.436. The van der Waals surface area contributed by atoms with E-state index in [0.717, 1.165) is 11.1 Å². The van der Waals surface area contributed by atoms with Crippen LogP contribution in [0.3, 0.4) is 0 Å². The Kier molecular flexibility index (Phi) is 8.25. The van der Waals surface area contributed by atoms with Gasteiger partial charge in [-0.05, 0) is 30.9 Å². The number of hydrazine groups is 1. The molecular formula is C29H36N4O6. The van der Waals surface area contributed by atoms with Gasteiger partial charge in [0.1, 0.15) is 24.2 Å². The first-order valence-electron chi connectivity index (χ1n) is 13.1. The van der Waals surface area contributed by atoms with Gasteiger partial charge in [0.25, 0.3) is 5.91 Å². The lowest BCUT2D eigenvalue weighted by molar-refractivity contribution is -0.156. The lowest BCUT2D eigenvalue weighted by atomic mass is 9.87. The van der Waals surface area contributed by atoms with E-state index < -0.39 is 47.5 Å². The molecule has 2 aromatic rings. The van der Waals surface area contributed by atoms with Crippen LogP contribution in [0.25, 0.3) is 0 Å². The van der Waals surface area contributed by atoms with Crippen molar-refractivity contribution in [2.75, 3.05) is 7.11 Å². The van der Waals surface area contributed by atoms with Gasteiger partial charge in [-0.3, -0.25) is 14.6 Å². The van der Waals surface area contributed by atoms with E-state index >= 15 is 0 Å². The number of fused-ring (bicyclic) bond motifs is 1. The summed E-state index contributed by atoms with van der Waals surface area (Å²) >= 11 is 0. The molecule has 5 atom stereocenters. The molecule has 0 aromatic heterocycles. The fourth-order valence-corrected chi connectivity index (χ4v) is 5.53. The Bertz CT molecular complexity index is 1210. The van der Waals surface area contributed by atoms with E-state index in [2.05, 4.69) is 10.6 Å². The maximum absolute atomic E-state index is 14.0. The first-order valence-corrected chi connectivity index (χ1v) is 13.1. The van der Waals surface area contributed by atoms with Crippen LogP contribution in [0, 0.1) is 5.92 Å². The lowest BCUT2D eigenvalue weighted by Crippen LogP contribution is -2.59. The Morgan fingerprint density at radius 3 is 2.23 bits per heavy atom. The number of esters is 1. The first-order chi connectivity index (χ1) is 18.6. The van der Waals surface area contributed by atoms with Gasteiger partial charge in [0, 0.05) is 6.42 Å². The molecule has 0 radical (unpaired) electrons. The average Bonchev–Trinajstić information content (AvgIpc) is 3.40. The smallest absolute Gasteiger partial charge is 0.408 e. The van der Waals surface area contributed by atoms with Crippen LogP contribution in [-0.4, -0.2) is 64.7 Å². The number of hydrogen-bond acceptors (Lipinski definition) is 7. The highest BCUT2D eigenvalue weighted by atomic mass is 16.5. The zero-order chi connectivity index (χ0) is 28.3. The third-order valence-corrected chi connectivity index (χ3v) is 7.48. The Morgan fingerprint density at radius 1 is 1.03 bits per heavy atom. The van der Waals surface area contributed by atoms with E-state index in [0.29, 0.717) is 6.42 Å². The average molecular weight is 537 g/mol. The molecule has 10 nitrogen and oxygen atoms in total. The van der Waals surface area contributed by atoms with E-state index in [9.17, 15) is 19.2 Å². The Balaban J connectivity index is 1.65. The number of alkyl carbamates (subject to hydrolysis) is 1. The van der Waals surface area contributed by atoms with Crippen molar-refractivity contribution in [3.63, 3.8) is 0 Å². The Labute approximate surface area is 228 Å². The minimum absolute atomic E-state index is 0.0610. The summed E-state index contributed by atoms with van der Waals surface area (Å²) in [6.45, 7) is 7.23. The minimum Gasteiger partial charge on any atom is -0.467 e. The maximum Gasteiger partial charge on any atom is 0.408 e. The molecule has 3 amide bonds. The maximum atomic E-state index is 14.0. The highest BCUT2D eigenvalue weighted by molar-refractivity contribution is 5.97. The summed E-state index contributed by atoms with van der Waals surface area (Å²) in [6, 6.07) is 16.3. The van der Waals surface area contributed by atoms with Crippen molar-refractivity contribution in [1.29, 1.82) is 0 Å². The van der Waals surface area contributed by atoms with E-state index in [4.69, 9.17) is 9.47 Å². The van der Waals surface area contributed by atoms with Gasteiger partial charge in [0.05, 0.1) is 19.2 Å². The van der Waals surface area contributed by atoms with Gasteiger partial charge in [0.2, 0.25) is 5.91 Å². The van der Waals surface area contributed by atoms with E-state index in [-0.39, 0.29) is 18.6 Å². The Morgan fingerprint density at radius 2 is 1.64 bits per heavy atom. The SMILES string of the molecule is COC(=O)[C@H](C)NC(=O)[C@]1(C)C[C@@H](c2ccccc2)N2[C@@H](C(C)C)[C@H](NC(=O)OCc3ccccc3)C(=O)N21. The molecular weight excluding hydrogens is 500 g/mol. The van der Waals surface area contributed by atoms with Gasteiger partial charge < -0.3 is 20.1 Å². The van der Waals surface area contributed by atoms with Crippen LogP contribution in [0.4, 0.5) is 4.79 Å². The normalized spacial score (nSPS) is 25.2. The van der Waals surface area contributed by atoms with Crippen molar-refractivity contribution in [2.45, 2.75) is 70.4 Å². The number of carbonyl (C=O) groups is 4. The highest BCUT2D eigenvalue weighted by Crippen LogP contribution is 2.49. The van der Waals surface area contributed by atoms with Crippen molar-refractivity contribution in [3.05, 3.63) is 71.8 Å². The number of ether oxygens (including phenoxy) is 2. The summed E-state index contributed by atoms with van der Waals surface area (Å²) in [4.78, 5) is 52.6. The zero-order valence-corrected chi connectivity index (χ0v) is 22.9. The molecule has 0 saturated carbocycles. The summed E-state index contributed by atoms with van der Waals surface area (Å²) in [7, 11) is 1.25. The van der Waals surface area contributed by atoms with Crippen molar-refractivity contribution >= 4 is 23.9 Å². The number of nitrogens with one attached hydrogen (secondary N) is 2. The summed E-state index contributed by atoms with van der Waals surface area (Å²) in [5, 5.41) is 8.88. The number of carbonyl (C=O) groups excluding carboxylic acids is 4. The molecule has 2 heterocycles. The third-order valence-electron chi connectivity index (χ3n) is 7.48. The van der Waals surface area contributed by atoms with E-state index in [1.807, 2.05) is 79.5 Å². The van der Waals surface area contributed by atoms with Crippen LogP contribution < -0.4 is 10.6 Å². The second-order valence-electron chi connectivity index (χ2n) is 10.6. The second-order valence-corrected chi connectivity index (χ2v) is 10.6. The molecule has 208 valence electrons. The summed E-state index contributed by atoms with van der Waals surface area (Å²) in [6.07, 6.45) is -0.413. The number of methoxy groups -OCH3 is 1. The topological polar surface area (TPSA) is 117 Å². The summed E-state index contributed by atoms with van der Waals surface area (Å²) < 4.78 is 10.2. The monoisotopic (exact) mass is 536 g/mol. The molecule has 0 unspecified atom stereocenters. The van der Waals surface area contributed by atoms with Gasteiger partial charge in [0.15, 0.2) is 0 Å². The van der Waals surface area contributed by atoms with Crippen LogP contribution >= 0.6 is 0 Å². The molecule has 2 saturated heterocycles. The van der Waals surface area contributed by atoms with Crippen LogP contribution in [-0.2, 0) is 30.5 Å². The molecule has 2 aliphatic rings. The minimum atomic E-state index is -1.32. The zero-order valence-electron chi connectivity index (χ0n) is 22.9. The first kappa shape index (κ1) is 28.1. The predicted octanol–water partition coefficient (Wildman–Crippen LogP) is 2.95. The fourth-order valence-electron chi connectivity index (χ4n) is 5.53. The van der Waals surface area contributed by atoms with Gasteiger partial charge in [-0.25, -0.2) is 14.6 Å². The highest BCUT2D eigenvalue weighted by Gasteiger charge is 2.64. The molecule has 2 aromatic carbocycles. The number of rotatable bonds is 8. The van der Waals surface area contributed by atoms with E-state index in [1.54, 1.807) is 6.92 Å². The van der Waals surface area contributed by atoms with Crippen molar-refractivity contribution in [3.8, 4) is 0 Å². The molecule has 2 N–H and O–H groups in total. The van der Waals surface area contributed by atoms with Crippen molar-refractivity contribution in [2.24, 2.45) is 5.92 Å². The largest absolute Gasteiger partial charge is 0.467 e. The van der Waals surface area contributed by atoms with Gasteiger partial charge >= 0.3 is 12.1 Å². The van der Waals surface area contributed by atoms with Crippen molar-refractivity contribution in [1.82, 2.24) is 20.7 Å². The van der Waals surface area contributed by atoms with Crippen LogP contribution in [0.1, 0.15) is 51.3 Å².